The highest BCUT2D eigenvalue weighted by atomic mass is 19.1. The van der Waals surface area contributed by atoms with E-state index in [-0.39, 0.29) is 0 Å². The first-order valence-corrected chi connectivity index (χ1v) is 5.15. The first-order valence-electron chi connectivity index (χ1n) is 5.15. The summed E-state index contributed by atoms with van der Waals surface area (Å²) in [5.41, 5.74) is 1.05. The third-order valence-electron chi connectivity index (χ3n) is 2.20. The number of nitrogens with zero attached hydrogens (tertiary/aromatic N) is 3. The van der Waals surface area contributed by atoms with Crippen LogP contribution in [-0.4, -0.2) is 14.8 Å². The average Bonchev–Trinajstić information content (AvgIpc) is 2.74. The summed E-state index contributed by atoms with van der Waals surface area (Å²) in [4.78, 5) is 3.71. The van der Waals surface area contributed by atoms with Crippen molar-refractivity contribution < 1.29 is 4.39 Å². The van der Waals surface area contributed by atoms with Crippen LogP contribution in [0.1, 0.15) is 12.5 Å². The van der Waals surface area contributed by atoms with Crippen molar-refractivity contribution in [1.29, 1.82) is 0 Å². The largest absolute Gasteiger partial charge is 0.366 e. The Balaban J connectivity index is 1.96. The summed E-state index contributed by atoms with van der Waals surface area (Å²) in [7, 11) is 0. The van der Waals surface area contributed by atoms with E-state index in [9.17, 15) is 4.39 Å². The minimum atomic E-state index is -0.478. The number of hydrogen-bond acceptors (Lipinski definition) is 3. The van der Waals surface area contributed by atoms with Gasteiger partial charge in [0.2, 0.25) is 5.95 Å². The Labute approximate surface area is 93.1 Å². The molecule has 0 spiro atoms. The van der Waals surface area contributed by atoms with E-state index in [1.807, 2.05) is 17.8 Å². The average molecular weight is 220 g/mol. The third-order valence-corrected chi connectivity index (χ3v) is 2.20. The van der Waals surface area contributed by atoms with E-state index in [4.69, 9.17) is 0 Å². The fourth-order valence-electron chi connectivity index (χ4n) is 1.37. The summed E-state index contributed by atoms with van der Waals surface area (Å²) in [6.07, 6.45) is 3.74. The van der Waals surface area contributed by atoms with Gasteiger partial charge in [-0.2, -0.15) is 9.49 Å². The van der Waals surface area contributed by atoms with Crippen LogP contribution in [0.2, 0.25) is 0 Å². The van der Waals surface area contributed by atoms with Crippen molar-refractivity contribution in [1.82, 2.24) is 14.8 Å². The minimum Gasteiger partial charge on any atom is -0.366 e. The van der Waals surface area contributed by atoms with Crippen LogP contribution < -0.4 is 5.32 Å². The maximum absolute atomic E-state index is 12.8. The monoisotopic (exact) mass is 220 g/mol. The van der Waals surface area contributed by atoms with Crippen LogP contribution in [0.4, 0.5) is 10.2 Å². The molecule has 1 N–H and O–H groups in total. The van der Waals surface area contributed by atoms with Gasteiger partial charge in [0, 0.05) is 24.8 Å². The summed E-state index contributed by atoms with van der Waals surface area (Å²) < 4.78 is 14.6. The molecule has 2 aromatic rings. The highest BCUT2D eigenvalue weighted by Gasteiger charge is 1.99. The second kappa shape index (κ2) is 4.74. The summed E-state index contributed by atoms with van der Waals surface area (Å²) in [6, 6.07) is 4.67. The van der Waals surface area contributed by atoms with Gasteiger partial charge in [-0.05, 0) is 19.1 Å². The second-order valence-corrected chi connectivity index (χ2v) is 3.40. The summed E-state index contributed by atoms with van der Waals surface area (Å²) in [5.74, 6) is 0.0542. The topological polar surface area (TPSA) is 42.7 Å². The molecule has 84 valence electrons. The Morgan fingerprint density at radius 2 is 2.31 bits per heavy atom. The smallest absolute Gasteiger partial charge is 0.214 e. The molecule has 2 rings (SSSR count). The van der Waals surface area contributed by atoms with E-state index in [0.29, 0.717) is 12.4 Å². The molecule has 0 bridgehead atoms. The van der Waals surface area contributed by atoms with Crippen LogP contribution in [0, 0.1) is 5.95 Å². The van der Waals surface area contributed by atoms with E-state index in [0.717, 1.165) is 12.1 Å². The van der Waals surface area contributed by atoms with Gasteiger partial charge in [-0.1, -0.05) is 6.07 Å². The molecule has 0 amide bonds. The van der Waals surface area contributed by atoms with Gasteiger partial charge in [-0.3, -0.25) is 4.68 Å². The molecule has 0 saturated heterocycles. The fraction of sp³-hybridized carbons (Fsp3) is 0.273. The van der Waals surface area contributed by atoms with Gasteiger partial charge in [0.05, 0.1) is 6.20 Å². The fourth-order valence-corrected chi connectivity index (χ4v) is 1.37. The zero-order valence-electron chi connectivity index (χ0n) is 9.02. The van der Waals surface area contributed by atoms with Crippen LogP contribution in [0.25, 0.3) is 0 Å². The first kappa shape index (κ1) is 10.6. The van der Waals surface area contributed by atoms with Gasteiger partial charge >= 0.3 is 0 Å². The van der Waals surface area contributed by atoms with E-state index in [2.05, 4.69) is 15.4 Å². The number of pyridine rings is 1. The van der Waals surface area contributed by atoms with Crippen molar-refractivity contribution in [3.05, 3.63) is 42.1 Å². The zero-order chi connectivity index (χ0) is 11.4. The maximum Gasteiger partial charge on any atom is 0.214 e. The molecule has 0 aromatic carbocycles. The summed E-state index contributed by atoms with van der Waals surface area (Å²) in [5, 5.41) is 7.18. The highest BCUT2D eigenvalue weighted by Crippen LogP contribution is 2.06. The highest BCUT2D eigenvalue weighted by molar-refractivity contribution is 5.34. The lowest BCUT2D eigenvalue weighted by molar-refractivity contribution is 0.585. The predicted octanol–water partition coefficient (Wildman–Crippen LogP) is 2.05. The third kappa shape index (κ3) is 2.56. The lowest BCUT2D eigenvalue weighted by Gasteiger charge is -2.02. The number of rotatable bonds is 4. The molecule has 0 fully saturated rings. The van der Waals surface area contributed by atoms with Crippen molar-refractivity contribution in [2.45, 2.75) is 20.0 Å². The zero-order valence-corrected chi connectivity index (χ0v) is 9.02. The van der Waals surface area contributed by atoms with Crippen molar-refractivity contribution >= 4 is 5.82 Å². The van der Waals surface area contributed by atoms with Crippen molar-refractivity contribution in [3.8, 4) is 0 Å². The molecule has 0 aliphatic rings. The molecule has 2 aromatic heterocycles. The molecule has 5 heteroatoms. The normalized spacial score (nSPS) is 10.4. The molecular weight excluding hydrogens is 207 g/mol. The number of anilines is 1. The molecule has 0 unspecified atom stereocenters. The quantitative estimate of drug-likeness (QED) is 0.802. The van der Waals surface area contributed by atoms with Gasteiger partial charge in [0.1, 0.15) is 5.82 Å². The molecule has 0 atom stereocenters. The van der Waals surface area contributed by atoms with E-state index < -0.39 is 5.95 Å². The lowest BCUT2D eigenvalue weighted by atomic mass is 10.3. The number of aromatic nitrogens is 3. The van der Waals surface area contributed by atoms with E-state index in [1.165, 1.54) is 6.07 Å². The molecule has 2 heterocycles. The van der Waals surface area contributed by atoms with Gasteiger partial charge < -0.3 is 5.32 Å². The van der Waals surface area contributed by atoms with Crippen LogP contribution in [0.3, 0.4) is 0 Å². The Morgan fingerprint density at radius 1 is 1.44 bits per heavy atom. The summed E-state index contributed by atoms with van der Waals surface area (Å²) in [6.45, 7) is 3.47. The van der Waals surface area contributed by atoms with Crippen LogP contribution >= 0.6 is 0 Å². The number of nitrogens with one attached hydrogen (secondary N) is 1. The SMILES string of the molecule is CCn1cc(CNc2cccc(F)n2)cn1. The van der Waals surface area contributed by atoms with E-state index >= 15 is 0 Å². The molecule has 0 radical (unpaired) electrons. The number of hydrogen-bond donors (Lipinski definition) is 1. The molecule has 0 saturated carbocycles. The minimum absolute atomic E-state index is 0.478. The van der Waals surface area contributed by atoms with E-state index in [1.54, 1.807) is 18.3 Å². The Hall–Kier alpha value is -1.91. The Morgan fingerprint density at radius 3 is 3.00 bits per heavy atom. The Kier molecular flexibility index (Phi) is 3.14. The standard InChI is InChI=1S/C11H13FN4/c1-2-16-8-9(7-14-16)6-13-11-5-3-4-10(12)15-11/h3-5,7-8H,2,6H2,1H3,(H,13,15). The van der Waals surface area contributed by atoms with Crippen LogP contribution in [0.15, 0.2) is 30.6 Å². The molecule has 16 heavy (non-hydrogen) atoms. The van der Waals surface area contributed by atoms with Gasteiger partial charge in [0.15, 0.2) is 0 Å². The first-order chi connectivity index (χ1) is 7.78. The lowest BCUT2D eigenvalue weighted by Crippen LogP contribution is -2.01. The van der Waals surface area contributed by atoms with Crippen molar-refractivity contribution in [2.75, 3.05) is 5.32 Å². The van der Waals surface area contributed by atoms with Gasteiger partial charge in [0.25, 0.3) is 0 Å². The van der Waals surface area contributed by atoms with Gasteiger partial charge in [-0.15, -0.1) is 0 Å². The second-order valence-electron chi connectivity index (χ2n) is 3.40. The van der Waals surface area contributed by atoms with Crippen LogP contribution in [0.5, 0.6) is 0 Å². The molecular formula is C11H13FN4. The maximum atomic E-state index is 12.8. The molecule has 0 aliphatic heterocycles. The number of halogens is 1. The Bertz CT molecular complexity index is 467. The summed E-state index contributed by atoms with van der Waals surface area (Å²) >= 11 is 0. The number of aryl methyl sites for hydroxylation is 1. The van der Waals surface area contributed by atoms with Crippen LogP contribution in [-0.2, 0) is 13.1 Å². The molecule has 0 aliphatic carbocycles. The predicted molar refractivity (Wildman–Crippen MR) is 59.4 cm³/mol. The van der Waals surface area contributed by atoms with Crippen molar-refractivity contribution in [3.63, 3.8) is 0 Å². The molecule has 4 nitrogen and oxygen atoms in total. The van der Waals surface area contributed by atoms with Gasteiger partial charge in [-0.25, -0.2) is 4.98 Å². The van der Waals surface area contributed by atoms with Crippen molar-refractivity contribution in [2.24, 2.45) is 0 Å².